The Morgan fingerprint density at radius 2 is 2.12 bits per heavy atom. The van der Waals surface area contributed by atoms with Crippen LogP contribution in [0.3, 0.4) is 0 Å². The molecule has 17 heavy (non-hydrogen) atoms. The molecular weight excluding hydrogens is 216 g/mol. The van der Waals surface area contributed by atoms with Gasteiger partial charge in [-0.05, 0) is 17.9 Å². The van der Waals surface area contributed by atoms with Gasteiger partial charge in [-0.1, -0.05) is 20.8 Å². The molecule has 0 radical (unpaired) electrons. The maximum Gasteiger partial charge on any atom is 0.250 e. The number of nitrogens with two attached hydrogens (primary N) is 2. The Morgan fingerprint density at radius 1 is 1.47 bits per heavy atom. The van der Waals surface area contributed by atoms with Crippen molar-refractivity contribution in [2.45, 2.75) is 20.8 Å². The smallest absolute Gasteiger partial charge is 0.250 e. The number of hydrogen-bond donors (Lipinski definition) is 3. The van der Waals surface area contributed by atoms with Gasteiger partial charge in [0.25, 0.3) is 5.91 Å². The van der Waals surface area contributed by atoms with Crippen LogP contribution >= 0.6 is 0 Å². The minimum absolute atomic E-state index is 0.305. The average Bonchev–Trinajstić information content (AvgIpc) is 2.26. The van der Waals surface area contributed by atoms with Gasteiger partial charge in [-0.3, -0.25) is 4.79 Å². The van der Waals surface area contributed by atoms with Gasteiger partial charge in [-0.2, -0.15) is 0 Å². The molecule has 0 aromatic carbocycles. The highest BCUT2D eigenvalue weighted by Gasteiger charge is 2.10. The minimum atomic E-state index is -0.537. The molecule has 0 aliphatic carbocycles. The van der Waals surface area contributed by atoms with Crippen LogP contribution in [-0.4, -0.2) is 17.4 Å². The molecule has 0 aliphatic rings. The first-order chi connectivity index (χ1) is 7.91. The zero-order chi connectivity index (χ0) is 13.0. The number of carbonyl (C=O) groups excluding carboxylic acids is 1. The SMILES string of the molecule is CC(C)C(C)CNc1cc(C(N)=O)c(N)cn1. The summed E-state index contributed by atoms with van der Waals surface area (Å²) in [6.07, 6.45) is 1.45. The van der Waals surface area contributed by atoms with E-state index in [0.29, 0.717) is 28.9 Å². The fourth-order valence-electron chi connectivity index (χ4n) is 1.28. The van der Waals surface area contributed by atoms with Crippen LogP contribution in [0.5, 0.6) is 0 Å². The average molecular weight is 236 g/mol. The molecule has 94 valence electrons. The summed E-state index contributed by atoms with van der Waals surface area (Å²) in [5, 5.41) is 3.17. The second kappa shape index (κ2) is 5.52. The first-order valence-corrected chi connectivity index (χ1v) is 5.71. The number of carbonyl (C=O) groups is 1. The standard InChI is InChI=1S/C12H20N4O/c1-7(2)8(3)5-15-11-4-9(12(14)17)10(13)6-16-11/h4,6-8H,5,13H2,1-3H3,(H2,14,17)(H,15,16). The summed E-state index contributed by atoms with van der Waals surface area (Å²) in [6.45, 7) is 7.28. The van der Waals surface area contributed by atoms with Crippen molar-refractivity contribution < 1.29 is 4.79 Å². The van der Waals surface area contributed by atoms with E-state index in [0.717, 1.165) is 6.54 Å². The van der Waals surface area contributed by atoms with Crippen LogP contribution in [0.15, 0.2) is 12.3 Å². The van der Waals surface area contributed by atoms with Crippen molar-refractivity contribution >= 4 is 17.4 Å². The highest BCUT2D eigenvalue weighted by molar-refractivity contribution is 5.98. The summed E-state index contributed by atoms with van der Waals surface area (Å²) in [4.78, 5) is 15.2. The van der Waals surface area contributed by atoms with Gasteiger partial charge in [0, 0.05) is 6.54 Å². The number of primary amides is 1. The topological polar surface area (TPSA) is 94.0 Å². The van der Waals surface area contributed by atoms with E-state index in [9.17, 15) is 4.79 Å². The monoisotopic (exact) mass is 236 g/mol. The number of nitrogens with zero attached hydrogens (tertiary/aromatic N) is 1. The Hall–Kier alpha value is -1.78. The van der Waals surface area contributed by atoms with E-state index in [1.54, 1.807) is 6.07 Å². The van der Waals surface area contributed by atoms with E-state index < -0.39 is 5.91 Å². The lowest BCUT2D eigenvalue weighted by Crippen LogP contribution is -2.18. The second-order valence-corrected chi connectivity index (χ2v) is 4.62. The molecule has 1 atom stereocenters. The highest BCUT2D eigenvalue weighted by atomic mass is 16.1. The normalized spacial score (nSPS) is 12.5. The van der Waals surface area contributed by atoms with Crippen molar-refractivity contribution in [1.29, 1.82) is 0 Å². The number of hydrogen-bond acceptors (Lipinski definition) is 4. The lowest BCUT2D eigenvalue weighted by Gasteiger charge is -2.16. The quantitative estimate of drug-likeness (QED) is 0.721. The molecule has 5 N–H and O–H groups in total. The highest BCUT2D eigenvalue weighted by Crippen LogP contribution is 2.16. The molecule has 1 aromatic heterocycles. The number of amides is 1. The summed E-state index contributed by atoms with van der Waals surface area (Å²) in [5.74, 6) is 1.20. The molecule has 0 saturated carbocycles. The fraction of sp³-hybridized carbons (Fsp3) is 0.500. The van der Waals surface area contributed by atoms with Gasteiger partial charge in [-0.15, -0.1) is 0 Å². The molecule has 1 heterocycles. The number of anilines is 2. The largest absolute Gasteiger partial charge is 0.397 e. The number of rotatable bonds is 5. The van der Waals surface area contributed by atoms with Crippen LogP contribution < -0.4 is 16.8 Å². The molecule has 0 fully saturated rings. The Kier molecular flexibility index (Phi) is 4.31. The predicted molar refractivity (Wildman–Crippen MR) is 69.7 cm³/mol. The first kappa shape index (κ1) is 13.3. The Morgan fingerprint density at radius 3 is 2.65 bits per heavy atom. The number of pyridine rings is 1. The fourth-order valence-corrected chi connectivity index (χ4v) is 1.28. The molecular formula is C12H20N4O. The van der Waals surface area contributed by atoms with Crippen molar-refractivity contribution in [2.24, 2.45) is 17.6 Å². The van der Waals surface area contributed by atoms with E-state index in [-0.39, 0.29) is 0 Å². The van der Waals surface area contributed by atoms with E-state index in [1.165, 1.54) is 6.20 Å². The van der Waals surface area contributed by atoms with Crippen molar-refractivity contribution in [1.82, 2.24) is 4.98 Å². The van der Waals surface area contributed by atoms with Gasteiger partial charge in [-0.25, -0.2) is 4.98 Å². The van der Waals surface area contributed by atoms with E-state index in [1.807, 2.05) is 0 Å². The molecule has 1 aromatic rings. The summed E-state index contributed by atoms with van der Waals surface area (Å²) >= 11 is 0. The zero-order valence-corrected chi connectivity index (χ0v) is 10.5. The zero-order valence-electron chi connectivity index (χ0n) is 10.5. The van der Waals surface area contributed by atoms with Crippen LogP contribution in [0.25, 0.3) is 0 Å². The second-order valence-electron chi connectivity index (χ2n) is 4.62. The minimum Gasteiger partial charge on any atom is -0.397 e. The van der Waals surface area contributed by atoms with Crippen LogP contribution in [0, 0.1) is 11.8 Å². The van der Waals surface area contributed by atoms with Crippen LogP contribution in [0.1, 0.15) is 31.1 Å². The summed E-state index contributed by atoms with van der Waals surface area (Å²) in [7, 11) is 0. The lowest BCUT2D eigenvalue weighted by atomic mass is 9.98. The molecule has 0 bridgehead atoms. The van der Waals surface area contributed by atoms with Gasteiger partial charge < -0.3 is 16.8 Å². The molecule has 1 unspecified atom stereocenters. The van der Waals surface area contributed by atoms with Gasteiger partial charge in [0.15, 0.2) is 0 Å². The number of aromatic nitrogens is 1. The molecule has 0 spiro atoms. The summed E-state index contributed by atoms with van der Waals surface area (Å²) < 4.78 is 0. The number of nitrogen functional groups attached to an aromatic ring is 1. The van der Waals surface area contributed by atoms with Crippen LogP contribution in [0.2, 0.25) is 0 Å². The Bertz CT molecular complexity index is 403. The Labute approximate surface area is 102 Å². The van der Waals surface area contributed by atoms with E-state index in [4.69, 9.17) is 11.5 Å². The lowest BCUT2D eigenvalue weighted by molar-refractivity contribution is 0.100. The van der Waals surface area contributed by atoms with Crippen LogP contribution in [-0.2, 0) is 0 Å². The summed E-state index contributed by atoms with van der Waals surface area (Å²) in [5.41, 5.74) is 11.4. The third-order valence-electron chi connectivity index (χ3n) is 2.94. The van der Waals surface area contributed by atoms with Crippen LogP contribution in [0.4, 0.5) is 11.5 Å². The van der Waals surface area contributed by atoms with E-state index >= 15 is 0 Å². The molecule has 1 rings (SSSR count). The predicted octanol–water partition coefficient (Wildman–Crippen LogP) is 1.47. The maximum absolute atomic E-state index is 11.1. The molecule has 5 heteroatoms. The van der Waals surface area contributed by atoms with Gasteiger partial charge in [0.05, 0.1) is 17.4 Å². The molecule has 0 aliphatic heterocycles. The van der Waals surface area contributed by atoms with Gasteiger partial charge in [0.2, 0.25) is 0 Å². The maximum atomic E-state index is 11.1. The number of nitrogens with one attached hydrogen (secondary N) is 1. The summed E-state index contributed by atoms with van der Waals surface area (Å²) in [6, 6.07) is 1.59. The van der Waals surface area contributed by atoms with Gasteiger partial charge in [0.1, 0.15) is 5.82 Å². The van der Waals surface area contributed by atoms with Crippen molar-refractivity contribution in [2.75, 3.05) is 17.6 Å². The van der Waals surface area contributed by atoms with Crippen molar-refractivity contribution in [3.05, 3.63) is 17.8 Å². The van der Waals surface area contributed by atoms with Crippen molar-refractivity contribution in [3.63, 3.8) is 0 Å². The third kappa shape index (κ3) is 3.62. The molecule has 0 saturated heterocycles. The third-order valence-corrected chi connectivity index (χ3v) is 2.94. The first-order valence-electron chi connectivity index (χ1n) is 5.71. The molecule has 5 nitrogen and oxygen atoms in total. The van der Waals surface area contributed by atoms with Gasteiger partial charge >= 0.3 is 0 Å². The van der Waals surface area contributed by atoms with Crippen molar-refractivity contribution in [3.8, 4) is 0 Å². The molecule has 1 amide bonds. The van der Waals surface area contributed by atoms with E-state index in [2.05, 4.69) is 31.1 Å². The Balaban J connectivity index is 2.73.